The lowest BCUT2D eigenvalue weighted by Gasteiger charge is -2.07. The minimum Gasteiger partial charge on any atom is -0.397 e. The molecule has 0 aromatic heterocycles. The standard InChI is InChI=1S/C11H16N2O3S/c1-2-7-17(15,16)8-11(14)13-10-6-4-3-5-9(10)12/h3-6H,2,7-8,12H2,1H3,(H,13,14). The maximum absolute atomic E-state index is 11.5. The summed E-state index contributed by atoms with van der Waals surface area (Å²) in [4.78, 5) is 11.5. The maximum atomic E-state index is 11.5. The van der Waals surface area contributed by atoms with Crippen molar-refractivity contribution in [3.8, 4) is 0 Å². The number of amides is 1. The summed E-state index contributed by atoms with van der Waals surface area (Å²) in [7, 11) is -3.32. The van der Waals surface area contributed by atoms with E-state index in [0.717, 1.165) is 0 Å². The van der Waals surface area contributed by atoms with E-state index in [4.69, 9.17) is 5.73 Å². The smallest absolute Gasteiger partial charge is 0.239 e. The summed E-state index contributed by atoms with van der Waals surface area (Å²) in [6.07, 6.45) is 0.503. The highest BCUT2D eigenvalue weighted by Gasteiger charge is 2.16. The second kappa shape index (κ2) is 5.67. The van der Waals surface area contributed by atoms with Crippen molar-refractivity contribution >= 4 is 27.1 Å². The molecule has 1 amide bonds. The van der Waals surface area contributed by atoms with Crippen molar-refractivity contribution in [2.45, 2.75) is 13.3 Å². The Hall–Kier alpha value is -1.56. The fraction of sp³-hybridized carbons (Fsp3) is 0.364. The molecule has 17 heavy (non-hydrogen) atoms. The van der Waals surface area contributed by atoms with Gasteiger partial charge in [0.1, 0.15) is 5.75 Å². The van der Waals surface area contributed by atoms with Gasteiger partial charge >= 0.3 is 0 Å². The Kier molecular flexibility index (Phi) is 4.51. The Bertz CT molecular complexity index is 497. The monoisotopic (exact) mass is 256 g/mol. The number of para-hydroxylation sites is 2. The van der Waals surface area contributed by atoms with Gasteiger partial charge in [0.05, 0.1) is 17.1 Å². The molecular formula is C11H16N2O3S. The third-order valence-corrected chi connectivity index (χ3v) is 3.83. The lowest BCUT2D eigenvalue weighted by atomic mass is 10.3. The van der Waals surface area contributed by atoms with Crippen LogP contribution in [0.5, 0.6) is 0 Å². The number of nitrogens with one attached hydrogen (secondary N) is 1. The minimum absolute atomic E-state index is 0.0185. The molecule has 0 aliphatic carbocycles. The zero-order valence-electron chi connectivity index (χ0n) is 9.64. The second-order valence-corrected chi connectivity index (χ2v) is 5.91. The second-order valence-electron chi connectivity index (χ2n) is 3.73. The molecule has 0 aliphatic heterocycles. The van der Waals surface area contributed by atoms with Gasteiger partial charge in [0.2, 0.25) is 5.91 Å². The molecule has 0 aliphatic rings. The van der Waals surface area contributed by atoms with Crippen molar-refractivity contribution in [1.29, 1.82) is 0 Å². The summed E-state index contributed by atoms with van der Waals surface area (Å²) < 4.78 is 22.8. The molecule has 1 rings (SSSR count). The van der Waals surface area contributed by atoms with Crippen molar-refractivity contribution < 1.29 is 13.2 Å². The van der Waals surface area contributed by atoms with E-state index in [1.807, 2.05) is 0 Å². The zero-order valence-corrected chi connectivity index (χ0v) is 10.5. The van der Waals surface area contributed by atoms with Crippen LogP contribution in [0.25, 0.3) is 0 Å². The van der Waals surface area contributed by atoms with Gasteiger partial charge in [-0.25, -0.2) is 8.42 Å². The molecule has 0 fully saturated rings. The lowest BCUT2D eigenvalue weighted by Crippen LogP contribution is -2.24. The molecule has 94 valence electrons. The molecule has 0 heterocycles. The molecule has 0 saturated carbocycles. The maximum Gasteiger partial charge on any atom is 0.239 e. The normalized spacial score (nSPS) is 11.1. The Morgan fingerprint density at radius 3 is 2.59 bits per heavy atom. The van der Waals surface area contributed by atoms with Crippen LogP contribution in [0.1, 0.15) is 13.3 Å². The Morgan fingerprint density at radius 1 is 1.35 bits per heavy atom. The van der Waals surface area contributed by atoms with Crippen LogP contribution in [0, 0.1) is 0 Å². The van der Waals surface area contributed by atoms with Crippen molar-refractivity contribution in [2.75, 3.05) is 22.6 Å². The summed E-state index contributed by atoms with van der Waals surface area (Å²) in [5, 5.41) is 2.48. The molecule has 0 atom stereocenters. The first kappa shape index (κ1) is 13.5. The Labute approximate surface area is 101 Å². The van der Waals surface area contributed by atoms with E-state index in [1.165, 1.54) is 0 Å². The highest BCUT2D eigenvalue weighted by atomic mass is 32.2. The summed E-state index contributed by atoms with van der Waals surface area (Å²) in [6, 6.07) is 6.71. The molecule has 1 aromatic rings. The average Bonchev–Trinajstić information content (AvgIpc) is 2.20. The van der Waals surface area contributed by atoms with E-state index >= 15 is 0 Å². The molecule has 0 spiro atoms. The van der Waals surface area contributed by atoms with Crippen LogP contribution >= 0.6 is 0 Å². The van der Waals surface area contributed by atoms with Gasteiger partial charge in [0.15, 0.2) is 9.84 Å². The van der Waals surface area contributed by atoms with E-state index in [-0.39, 0.29) is 5.75 Å². The SMILES string of the molecule is CCCS(=O)(=O)CC(=O)Nc1ccccc1N. The van der Waals surface area contributed by atoms with Gasteiger partial charge in [-0.15, -0.1) is 0 Å². The third-order valence-electron chi connectivity index (χ3n) is 2.10. The molecule has 0 saturated heterocycles. The number of nitrogen functional groups attached to an aromatic ring is 1. The van der Waals surface area contributed by atoms with Crippen LogP contribution in [-0.4, -0.2) is 25.8 Å². The predicted octanol–water partition coefficient (Wildman–Crippen LogP) is 1.03. The lowest BCUT2D eigenvalue weighted by molar-refractivity contribution is -0.113. The Balaban J connectivity index is 2.66. The molecule has 5 nitrogen and oxygen atoms in total. The third kappa shape index (κ3) is 4.44. The van der Waals surface area contributed by atoms with Gasteiger partial charge < -0.3 is 11.1 Å². The van der Waals surface area contributed by atoms with Crippen molar-refractivity contribution in [3.63, 3.8) is 0 Å². The summed E-state index contributed by atoms with van der Waals surface area (Å²) in [5.74, 6) is -1.05. The predicted molar refractivity (Wildman–Crippen MR) is 68.4 cm³/mol. The van der Waals surface area contributed by atoms with Crippen LogP contribution in [-0.2, 0) is 14.6 Å². The van der Waals surface area contributed by atoms with E-state index in [1.54, 1.807) is 31.2 Å². The minimum atomic E-state index is -3.32. The number of anilines is 2. The number of hydrogen-bond donors (Lipinski definition) is 2. The molecule has 1 aromatic carbocycles. The van der Waals surface area contributed by atoms with Crippen LogP contribution in [0.4, 0.5) is 11.4 Å². The number of hydrogen-bond acceptors (Lipinski definition) is 4. The van der Waals surface area contributed by atoms with E-state index in [9.17, 15) is 13.2 Å². The number of carbonyl (C=O) groups excluding carboxylic acids is 1. The zero-order chi connectivity index (χ0) is 12.9. The highest BCUT2D eigenvalue weighted by molar-refractivity contribution is 7.92. The summed E-state index contributed by atoms with van der Waals surface area (Å²) >= 11 is 0. The molecule has 3 N–H and O–H groups in total. The van der Waals surface area contributed by atoms with Gasteiger partial charge in [-0.2, -0.15) is 0 Å². The van der Waals surface area contributed by atoms with Gasteiger partial charge in [0.25, 0.3) is 0 Å². The van der Waals surface area contributed by atoms with Gasteiger partial charge in [0, 0.05) is 0 Å². The molecule has 6 heteroatoms. The van der Waals surface area contributed by atoms with E-state index in [2.05, 4.69) is 5.32 Å². The molecule has 0 bridgehead atoms. The topological polar surface area (TPSA) is 89.3 Å². The number of sulfone groups is 1. The van der Waals surface area contributed by atoms with Crippen molar-refractivity contribution in [1.82, 2.24) is 0 Å². The summed E-state index contributed by atoms with van der Waals surface area (Å²) in [6.45, 7) is 1.75. The first-order chi connectivity index (χ1) is 7.94. The first-order valence-electron chi connectivity index (χ1n) is 5.29. The molecule has 0 radical (unpaired) electrons. The fourth-order valence-corrected chi connectivity index (χ4v) is 2.62. The average molecular weight is 256 g/mol. The van der Waals surface area contributed by atoms with Crippen molar-refractivity contribution in [2.24, 2.45) is 0 Å². The number of carbonyl (C=O) groups is 1. The largest absolute Gasteiger partial charge is 0.397 e. The van der Waals surface area contributed by atoms with E-state index in [0.29, 0.717) is 17.8 Å². The van der Waals surface area contributed by atoms with E-state index < -0.39 is 21.5 Å². The highest BCUT2D eigenvalue weighted by Crippen LogP contribution is 2.16. The van der Waals surface area contributed by atoms with Gasteiger partial charge in [-0.1, -0.05) is 19.1 Å². The number of rotatable bonds is 5. The quantitative estimate of drug-likeness (QED) is 0.770. The summed E-state index contributed by atoms with van der Waals surface area (Å²) in [5.41, 5.74) is 6.47. The Morgan fingerprint density at radius 2 is 2.00 bits per heavy atom. The van der Waals surface area contributed by atoms with Crippen LogP contribution < -0.4 is 11.1 Å². The van der Waals surface area contributed by atoms with Gasteiger partial charge in [-0.3, -0.25) is 4.79 Å². The number of nitrogens with two attached hydrogens (primary N) is 1. The first-order valence-corrected chi connectivity index (χ1v) is 7.11. The van der Waals surface area contributed by atoms with Crippen LogP contribution in [0.15, 0.2) is 24.3 Å². The fourth-order valence-electron chi connectivity index (χ4n) is 1.38. The van der Waals surface area contributed by atoms with Gasteiger partial charge in [-0.05, 0) is 18.6 Å². The number of benzene rings is 1. The van der Waals surface area contributed by atoms with Crippen LogP contribution in [0.2, 0.25) is 0 Å². The van der Waals surface area contributed by atoms with Crippen LogP contribution in [0.3, 0.4) is 0 Å². The van der Waals surface area contributed by atoms with Crippen molar-refractivity contribution in [3.05, 3.63) is 24.3 Å². The molecular weight excluding hydrogens is 240 g/mol. The molecule has 0 unspecified atom stereocenters.